The van der Waals surface area contributed by atoms with Gasteiger partial charge in [-0.15, -0.1) is 11.6 Å². The van der Waals surface area contributed by atoms with Crippen LogP contribution in [-0.2, 0) is 9.53 Å². The van der Waals surface area contributed by atoms with Gasteiger partial charge in [0.2, 0.25) is 0 Å². The predicted molar refractivity (Wildman–Crippen MR) is 67.2 cm³/mol. The van der Waals surface area contributed by atoms with E-state index in [0.29, 0.717) is 30.8 Å². The Bertz CT molecular complexity index is 325. The lowest BCUT2D eigenvalue weighted by atomic mass is 9.48. The minimum atomic E-state index is -0.124. The predicted octanol–water partition coefficient (Wildman–Crippen LogP) is 3.17. The quantitative estimate of drug-likeness (QED) is 0.723. The molecule has 2 unspecified atom stereocenters. The van der Waals surface area contributed by atoms with Crippen molar-refractivity contribution in [2.24, 2.45) is 17.3 Å². The van der Waals surface area contributed by atoms with Crippen molar-refractivity contribution in [2.45, 2.75) is 50.3 Å². The zero-order valence-electron chi connectivity index (χ0n) is 10.5. The van der Waals surface area contributed by atoms with E-state index in [4.69, 9.17) is 16.3 Å². The number of ketones is 1. The van der Waals surface area contributed by atoms with Crippen LogP contribution in [0.1, 0.15) is 45.4 Å². The lowest BCUT2D eigenvalue weighted by Gasteiger charge is -2.59. The van der Waals surface area contributed by atoms with E-state index in [0.717, 1.165) is 32.1 Å². The van der Waals surface area contributed by atoms with Crippen molar-refractivity contribution in [2.75, 3.05) is 13.2 Å². The van der Waals surface area contributed by atoms with E-state index in [-0.39, 0.29) is 10.3 Å². The molecule has 2 nitrogen and oxygen atoms in total. The van der Waals surface area contributed by atoms with Crippen LogP contribution in [0.2, 0.25) is 0 Å². The van der Waals surface area contributed by atoms with Crippen LogP contribution in [0.25, 0.3) is 0 Å². The summed E-state index contributed by atoms with van der Waals surface area (Å²) in [6.45, 7) is 2.86. The van der Waals surface area contributed by atoms with Crippen molar-refractivity contribution < 1.29 is 9.53 Å². The molecule has 4 aliphatic rings. The summed E-state index contributed by atoms with van der Waals surface area (Å²) >= 11 is 6.71. The minimum absolute atomic E-state index is 0.0635. The van der Waals surface area contributed by atoms with Crippen LogP contribution in [0.3, 0.4) is 0 Å². The van der Waals surface area contributed by atoms with Crippen LogP contribution in [0.5, 0.6) is 0 Å². The zero-order chi connectivity index (χ0) is 12.1. The Labute approximate surface area is 108 Å². The molecule has 0 aromatic rings. The molecule has 0 radical (unpaired) electrons. The van der Waals surface area contributed by atoms with E-state index < -0.39 is 0 Å². The lowest BCUT2D eigenvalue weighted by molar-refractivity contribution is -0.146. The third kappa shape index (κ3) is 1.94. The number of halogens is 1. The molecule has 4 fully saturated rings. The Kier molecular flexibility index (Phi) is 2.79. The van der Waals surface area contributed by atoms with Gasteiger partial charge in [-0.1, -0.05) is 0 Å². The van der Waals surface area contributed by atoms with Crippen molar-refractivity contribution in [1.29, 1.82) is 0 Å². The Morgan fingerprint density at radius 1 is 1.29 bits per heavy atom. The topological polar surface area (TPSA) is 26.3 Å². The van der Waals surface area contributed by atoms with Gasteiger partial charge in [0.15, 0.2) is 5.78 Å². The average Bonchev–Trinajstić information content (AvgIpc) is 2.22. The molecular weight excluding hydrogens is 236 g/mol. The molecule has 17 heavy (non-hydrogen) atoms. The van der Waals surface area contributed by atoms with Crippen LogP contribution in [-0.4, -0.2) is 23.9 Å². The number of carbonyl (C=O) groups excluding carboxylic acids is 1. The highest BCUT2D eigenvalue weighted by molar-refractivity contribution is 6.24. The molecule has 0 aromatic carbocycles. The monoisotopic (exact) mass is 256 g/mol. The Morgan fingerprint density at radius 2 is 1.94 bits per heavy atom. The smallest absolute Gasteiger partial charge is 0.164 e. The molecule has 4 rings (SSSR count). The molecule has 4 aliphatic carbocycles. The number of ether oxygens (including phenoxy) is 1. The molecule has 0 aliphatic heterocycles. The van der Waals surface area contributed by atoms with E-state index in [2.05, 4.69) is 0 Å². The maximum absolute atomic E-state index is 12.4. The van der Waals surface area contributed by atoms with E-state index in [1.807, 2.05) is 6.92 Å². The van der Waals surface area contributed by atoms with Gasteiger partial charge in [-0.3, -0.25) is 4.79 Å². The SMILES string of the molecule is CCOCC(=O)C12CC3CC(CC(Cl)(C3)C1)C2. The van der Waals surface area contributed by atoms with Crippen molar-refractivity contribution >= 4 is 17.4 Å². The Morgan fingerprint density at radius 3 is 2.47 bits per heavy atom. The second-order valence-electron chi connectivity index (χ2n) is 6.45. The molecule has 0 saturated heterocycles. The summed E-state index contributed by atoms with van der Waals surface area (Å²) in [7, 11) is 0. The number of hydrogen-bond donors (Lipinski definition) is 0. The van der Waals surface area contributed by atoms with Crippen molar-refractivity contribution in [3.63, 3.8) is 0 Å². The van der Waals surface area contributed by atoms with Gasteiger partial charge in [0.05, 0.1) is 0 Å². The summed E-state index contributed by atoms with van der Waals surface area (Å²) in [5, 5.41) is 0. The van der Waals surface area contributed by atoms with Crippen molar-refractivity contribution in [1.82, 2.24) is 0 Å². The molecular formula is C14H21ClO2. The van der Waals surface area contributed by atoms with Gasteiger partial charge in [0.1, 0.15) is 6.61 Å². The van der Waals surface area contributed by atoms with Crippen molar-refractivity contribution in [3.8, 4) is 0 Å². The molecule has 0 spiro atoms. The minimum Gasteiger partial charge on any atom is -0.374 e. The highest BCUT2D eigenvalue weighted by Crippen LogP contribution is 2.64. The summed E-state index contributed by atoms with van der Waals surface area (Å²) < 4.78 is 5.33. The number of carbonyl (C=O) groups is 1. The van der Waals surface area contributed by atoms with E-state index in [1.54, 1.807) is 0 Å². The van der Waals surface area contributed by atoms with Gasteiger partial charge in [-0.05, 0) is 57.3 Å². The second kappa shape index (κ2) is 3.96. The number of rotatable bonds is 4. The van der Waals surface area contributed by atoms with E-state index in [1.165, 1.54) is 6.42 Å². The molecule has 2 atom stereocenters. The van der Waals surface area contributed by atoms with Crippen LogP contribution >= 0.6 is 11.6 Å². The molecule has 4 saturated carbocycles. The normalized spacial score (nSPS) is 47.4. The molecule has 96 valence electrons. The van der Waals surface area contributed by atoms with E-state index in [9.17, 15) is 4.79 Å². The van der Waals surface area contributed by atoms with Crippen LogP contribution in [0.15, 0.2) is 0 Å². The fraction of sp³-hybridized carbons (Fsp3) is 0.929. The summed E-state index contributed by atoms with van der Waals surface area (Å²) in [6.07, 6.45) is 6.62. The first-order valence-electron chi connectivity index (χ1n) is 6.85. The molecule has 3 heteroatoms. The largest absolute Gasteiger partial charge is 0.374 e. The number of hydrogen-bond acceptors (Lipinski definition) is 2. The first-order valence-corrected chi connectivity index (χ1v) is 7.23. The Balaban J connectivity index is 1.81. The summed E-state index contributed by atoms with van der Waals surface area (Å²) in [5.41, 5.74) is -0.124. The van der Waals surface area contributed by atoms with Crippen LogP contribution < -0.4 is 0 Å². The molecule has 0 aromatic heterocycles. The van der Waals surface area contributed by atoms with Crippen molar-refractivity contribution in [3.05, 3.63) is 0 Å². The maximum Gasteiger partial charge on any atom is 0.164 e. The Hall–Kier alpha value is -0.0800. The fourth-order valence-electron chi connectivity index (χ4n) is 4.82. The van der Waals surface area contributed by atoms with Gasteiger partial charge in [-0.2, -0.15) is 0 Å². The number of Topliss-reactive ketones (excluding diaryl/α,β-unsaturated/α-hetero) is 1. The fourth-order valence-corrected chi connectivity index (χ4v) is 5.52. The molecule has 4 bridgehead atoms. The first kappa shape index (κ1) is 12.0. The second-order valence-corrected chi connectivity index (χ2v) is 7.25. The number of alkyl halides is 1. The lowest BCUT2D eigenvalue weighted by Crippen LogP contribution is -2.56. The first-order chi connectivity index (χ1) is 8.05. The molecule has 0 heterocycles. The van der Waals surface area contributed by atoms with Gasteiger partial charge in [0, 0.05) is 16.9 Å². The standard InChI is InChI=1S/C14H21ClO2/c1-2-17-8-12(16)13-4-10-3-11(5-13)7-14(15,6-10)9-13/h10-11H,2-9H2,1H3. The highest BCUT2D eigenvalue weighted by atomic mass is 35.5. The van der Waals surface area contributed by atoms with Crippen LogP contribution in [0, 0.1) is 17.3 Å². The van der Waals surface area contributed by atoms with Gasteiger partial charge < -0.3 is 4.74 Å². The third-order valence-electron chi connectivity index (χ3n) is 5.02. The molecule has 0 amide bonds. The summed E-state index contributed by atoms with van der Waals surface area (Å²) in [4.78, 5) is 12.4. The zero-order valence-corrected chi connectivity index (χ0v) is 11.3. The molecule has 0 N–H and O–H groups in total. The van der Waals surface area contributed by atoms with E-state index >= 15 is 0 Å². The van der Waals surface area contributed by atoms with Gasteiger partial charge in [-0.25, -0.2) is 0 Å². The summed E-state index contributed by atoms with van der Waals surface area (Å²) in [5.74, 6) is 1.71. The van der Waals surface area contributed by atoms with Gasteiger partial charge in [0.25, 0.3) is 0 Å². The highest BCUT2D eigenvalue weighted by Gasteiger charge is 2.59. The van der Waals surface area contributed by atoms with Gasteiger partial charge >= 0.3 is 0 Å². The summed E-state index contributed by atoms with van der Waals surface area (Å²) in [6, 6.07) is 0. The maximum atomic E-state index is 12.4. The third-order valence-corrected chi connectivity index (χ3v) is 5.46. The average molecular weight is 257 g/mol. The van der Waals surface area contributed by atoms with Crippen LogP contribution in [0.4, 0.5) is 0 Å².